The number of unbranched alkanes of at least 4 members (excludes halogenated alkanes) is 1. The normalized spacial score (nSPS) is 39.5. The third-order valence-electron chi connectivity index (χ3n) is 7.98. The maximum Gasteiger partial charge on any atom is 0.159 e. The highest BCUT2D eigenvalue weighted by Crippen LogP contribution is 2.71. The lowest BCUT2D eigenvalue weighted by atomic mass is 9.70. The Bertz CT molecular complexity index is 595. The Morgan fingerprint density at radius 3 is 2.64 bits per heavy atom. The molecular formula is C23H34O2. The van der Waals surface area contributed by atoms with Crippen molar-refractivity contribution in [2.75, 3.05) is 0 Å². The Kier molecular flexibility index (Phi) is 4.48. The summed E-state index contributed by atoms with van der Waals surface area (Å²) in [6, 6.07) is 10.7. The fraction of sp³-hybridized carbons (Fsp3) is 0.739. The second-order valence-corrected chi connectivity index (χ2v) is 9.35. The summed E-state index contributed by atoms with van der Waals surface area (Å²) in [5.74, 6) is 1.50. The van der Waals surface area contributed by atoms with Crippen LogP contribution in [-0.4, -0.2) is 12.4 Å². The average molecular weight is 343 g/mol. The number of hydrogen-bond acceptors (Lipinski definition) is 2. The van der Waals surface area contributed by atoms with Crippen molar-refractivity contribution < 1.29 is 9.47 Å². The van der Waals surface area contributed by atoms with E-state index in [0.717, 1.165) is 18.8 Å². The summed E-state index contributed by atoms with van der Waals surface area (Å²) >= 11 is 0. The summed E-state index contributed by atoms with van der Waals surface area (Å²) in [5, 5.41) is 0. The van der Waals surface area contributed by atoms with Crippen molar-refractivity contribution in [3.63, 3.8) is 0 Å². The van der Waals surface area contributed by atoms with Crippen molar-refractivity contribution in [2.24, 2.45) is 22.7 Å². The smallest absolute Gasteiger partial charge is 0.159 e. The van der Waals surface area contributed by atoms with Crippen molar-refractivity contribution in [3.05, 3.63) is 35.9 Å². The van der Waals surface area contributed by atoms with E-state index in [0.29, 0.717) is 22.9 Å². The Balaban J connectivity index is 1.47. The molecule has 1 unspecified atom stereocenters. The number of rotatable bonds is 6. The van der Waals surface area contributed by atoms with E-state index >= 15 is 0 Å². The van der Waals surface area contributed by atoms with Crippen LogP contribution in [-0.2, 0) is 9.47 Å². The van der Waals surface area contributed by atoms with Crippen LogP contribution in [0.4, 0.5) is 0 Å². The second kappa shape index (κ2) is 6.39. The summed E-state index contributed by atoms with van der Waals surface area (Å²) in [6.45, 7) is 9.65. The number of ether oxygens (including phenoxy) is 2. The van der Waals surface area contributed by atoms with Gasteiger partial charge in [0.25, 0.3) is 0 Å². The lowest BCUT2D eigenvalue weighted by Gasteiger charge is -2.39. The van der Waals surface area contributed by atoms with E-state index in [9.17, 15) is 0 Å². The van der Waals surface area contributed by atoms with Gasteiger partial charge in [-0.15, -0.1) is 0 Å². The molecular weight excluding hydrogens is 308 g/mol. The van der Waals surface area contributed by atoms with Gasteiger partial charge in [0.15, 0.2) is 6.29 Å². The third-order valence-corrected chi connectivity index (χ3v) is 7.98. The molecule has 4 rings (SSSR count). The molecule has 6 atom stereocenters. The highest BCUT2D eigenvalue weighted by molar-refractivity contribution is 5.19. The highest BCUT2D eigenvalue weighted by atomic mass is 16.7. The molecule has 1 aromatic carbocycles. The maximum atomic E-state index is 6.57. The number of benzene rings is 1. The van der Waals surface area contributed by atoms with E-state index < -0.39 is 0 Å². The van der Waals surface area contributed by atoms with E-state index in [4.69, 9.17) is 9.47 Å². The molecule has 1 aromatic rings. The summed E-state index contributed by atoms with van der Waals surface area (Å²) in [7, 11) is 0. The molecule has 3 aliphatic rings. The maximum absolute atomic E-state index is 6.57. The van der Waals surface area contributed by atoms with E-state index in [-0.39, 0.29) is 12.4 Å². The second-order valence-electron chi connectivity index (χ2n) is 9.35. The molecule has 2 aliphatic carbocycles. The fourth-order valence-corrected chi connectivity index (χ4v) is 6.13. The predicted molar refractivity (Wildman–Crippen MR) is 101 cm³/mol. The van der Waals surface area contributed by atoms with Crippen LogP contribution in [0.3, 0.4) is 0 Å². The molecule has 0 spiro atoms. The van der Waals surface area contributed by atoms with Crippen molar-refractivity contribution in [3.8, 4) is 0 Å². The number of hydrogen-bond donors (Lipinski definition) is 0. The van der Waals surface area contributed by atoms with Gasteiger partial charge in [-0.1, -0.05) is 70.9 Å². The molecule has 1 aliphatic heterocycles. The van der Waals surface area contributed by atoms with Gasteiger partial charge in [-0.05, 0) is 47.5 Å². The zero-order chi connectivity index (χ0) is 17.7. The summed E-state index contributed by atoms with van der Waals surface area (Å²) in [6.07, 6.45) is 7.82. The summed E-state index contributed by atoms with van der Waals surface area (Å²) in [5.41, 5.74) is 2.03. The molecule has 2 nitrogen and oxygen atoms in total. The lowest BCUT2D eigenvalue weighted by molar-refractivity contribution is -0.188. The van der Waals surface area contributed by atoms with Crippen molar-refractivity contribution >= 4 is 0 Å². The average Bonchev–Trinajstić information content (AvgIpc) is 3.17. The molecule has 2 bridgehead atoms. The molecule has 1 saturated heterocycles. The van der Waals surface area contributed by atoms with Gasteiger partial charge in [0.05, 0.1) is 12.2 Å². The van der Waals surface area contributed by atoms with Crippen molar-refractivity contribution in [1.82, 2.24) is 0 Å². The van der Waals surface area contributed by atoms with Gasteiger partial charge in [-0.3, -0.25) is 0 Å². The summed E-state index contributed by atoms with van der Waals surface area (Å²) < 4.78 is 13.1. The molecule has 2 heteroatoms. The van der Waals surface area contributed by atoms with Crippen LogP contribution >= 0.6 is 0 Å². The first kappa shape index (κ1) is 17.5. The first-order valence-electron chi connectivity index (χ1n) is 10.3. The first-order chi connectivity index (χ1) is 12.0. The van der Waals surface area contributed by atoms with Gasteiger partial charge in [0.2, 0.25) is 0 Å². The minimum absolute atomic E-state index is 0.0203. The van der Waals surface area contributed by atoms with Crippen molar-refractivity contribution in [2.45, 2.75) is 84.7 Å². The van der Waals surface area contributed by atoms with Crippen LogP contribution in [0.15, 0.2) is 30.3 Å². The van der Waals surface area contributed by atoms with Crippen LogP contribution in [0.1, 0.15) is 77.9 Å². The first-order valence-corrected chi connectivity index (χ1v) is 10.3. The summed E-state index contributed by atoms with van der Waals surface area (Å²) in [4.78, 5) is 0. The van der Waals surface area contributed by atoms with E-state index in [1.165, 1.54) is 31.2 Å². The Hall–Kier alpha value is -0.860. The highest BCUT2D eigenvalue weighted by Gasteiger charge is 2.69. The zero-order valence-corrected chi connectivity index (χ0v) is 16.3. The van der Waals surface area contributed by atoms with E-state index in [1.54, 1.807) is 0 Å². The molecule has 0 amide bonds. The quantitative estimate of drug-likeness (QED) is 0.620. The van der Waals surface area contributed by atoms with Crippen molar-refractivity contribution in [1.29, 1.82) is 0 Å². The fourth-order valence-electron chi connectivity index (χ4n) is 6.13. The topological polar surface area (TPSA) is 18.5 Å². The predicted octanol–water partition coefficient (Wildman–Crippen LogP) is 6.12. The SMILES string of the molecule is CCCCC(O[C@H]1C[C@@H]2[C@H]3CC[C@@](C)([C@@H]2O1)C3(C)C)c1ccccc1. The monoisotopic (exact) mass is 342 g/mol. The minimum Gasteiger partial charge on any atom is -0.349 e. The number of fused-ring (bicyclic) bond motifs is 5. The van der Waals surface area contributed by atoms with Gasteiger partial charge >= 0.3 is 0 Å². The lowest BCUT2D eigenvalue weighted by Crippen LogP contribution is -2.38. The molecule has 0 aromatic heterocycles. The van der Waals surface area contributed by atoms with E-state index in [2.05, 4.69) is 58.0 Å². The van der Waals surface area contributed by atoms with Crippen LogP contribution in [0.2, 0.25) is 0 Å². The minimum atomic E-state index is -0.0203. The van der Waals surface area contributed by atoms with Gasteiger partial charge in [-0.25, -0.2) is 0 Å². The Morgan fingerprint density at radius 1 is 1.20 bits per heavy atom. The van der Waals surface area contributed by atoms with Crippen LogP contribution < -0.4 is 0 Å². The van der Waals surface area contributed by atoms with Crippen LogP contribution in [0.5, 0.6) is 0 Å². The molecule has 3 fully saturated rings. The Labute approximate surface area is 153 Å². The Morgan fingerprint density at radius 2 is 1.96 bits per heavy atom. The van der Waals surface area contributed by atoms with Gasteiger partial charge in [0.1, 0.15) is 0 Å². The molecule has 1 heterocycles. The molecule has 0 radical (unpaired) electrons. The van der Waals surface area contributed by atoms with Crippen LogP contribution in [0.25, 0.3) is 0 Å². The molecule has 138 valence electrons. The molecule has 0 N–H and O–H groups in total. The zero-order valence-electron chi connectivity index (χ0n) is 16.3. The standard InChI is InChI=1S/C23H34O2/c1-5-6-12-19(16-10-8-7-9-11-16)24-20-15-17-18-13-14-23(4,21(17)25-20)22(18,2)3/h7-11,17-21H,5-6,12-15H2,1-4H3/t17-,18-,19?,20-,21-,23+/m1/s1. The molecule has 25 heavy (non-hydrogen) atoms. The van der Waals surface area contributed by atoms with E-state index in [1.807, 2.05) is 0 Å². The molecule has 2 saturated carbocycles. The van der Waals surface area contributed by atoms with Crippen LogP contribution in [0, 0.1) is 22.7 Å². The van der Waals surface area contributed by atoms with Gasteiger partial charge < -0.3 is 9.47 Å². The largest absolute Gasteiger partial charge is 0.349 e. The van der Waals surface area contributed by atoms with Gasteiger partial charge in [-0.2, -0.15) is 0 Å². The van der Waals surface area contributed by atoms with Gasteiger partial charge in [0, 0.05) is 6.42 Å². The third kappa shape index (κ3) is 2.68.